The second-order valence-corrected chi connectivity index (χ2v) is 19.8. The molecule has 0 spiro atoms. The average Bonchev–Trinajstić information content (AvgIpc) is 2.52. The number of rotatable bonds is 15. The third-order valence-electron chi connectivity index (χ3n) is 4.92. The van der Waals surface area contributed by atoms with Crippen LogP contribution in [0.25, 0.3) is 0 Å². The Labute approximate surface area is 149 Å². The SMILES string of the molecule is CO[Si](CCCCCCCC[Si](C)(C)CC[SiH](C)C)(OC)OC. The normalized spacial score (nSPS) is 13.0. The van der Waals surface area contributed by atoms with Gasteiger partial charge in [0.1, 0.15) is 0 Å². The van der Waals surface area contributed by atoms with Gasteiger partial charge in [-0.2, -0.15) is 0 Å². The highest BCUT2D eigenvalue weighted by atomic mass is 28.4. The van der Waals surface area contributed by atoms with Crippen molar-refractivity contribution in [3.8, 4) is 0 Å². The Hall–Kier alpha value is 0.531. The average molecular weight is 379 g/mol. The van der Waals surface area contributed by atoms with Crippen molar-refractivity contribution >= 4 is 25.7 Å². The van der Waals surface area contributed by atoms with Gasteiger partial charge < -0.3 is 13.3 Å². The van der Waals surface area contributed by atoms with E-state index in [1.807, 2.05) is 0 Å². The van der Waals surface area contributed by atoms with Crippen molar-refractivity contribution in [2.45, 2.75) is 88.9 Å². The minimum atomic E-state index is -2.33. The van der Waals surface area contributed by atoms with Gasteiger partial charge in [-0.15, -0.1) is 0 Å². The molecule has 6 heteroatoms. The fourth-order valence-corrected chi connectivity index (χ4v) is 11.7. The van der Waals surface area contributed by atoms with Crippen LogP contribution < -0.4 is 0 Å². The van der Waals surface area contributed by atoms with E-state index in [1.54, 1.807) is 33.4 Å². The first-order valence-electron chi connectivity index (χ1n) is 9.46. The quantitative estimate of drug-likeness (QED) is 0.282. The highest BCUT2D eigenvalue weighted by Crippen LogP contribution is 2.23. The molecule has 0 unspecified atom stereocenters. The lowest BCUT2D eigenvalue weighted by atomic mass is 10.1. The van der Waals surface area contributed by atoms with Crippen LogP contribution in [0.15, 0.2) is 0 Å². The van der Waals surface area contributed by atoms with Crippen LogP contribution in [0, 0.1) is 0 Å². The molecule has 0 aromatic rings. The Morgan fingerprint density at radius 2 is 1.09 bits per heavy atom. The van der Waals surface area contributed by atoms with Gasteiger partial charge in [0.2, 0.25) is 0 Å². The predicted molar refractivity (Wildman–Crippen MR) is 110 cm³/mol. The molecule has 0 bridgehead atoms. The van der Waals surface area contributed by atoms with Gasteiger partial charge in [0.15, 0.2) is 0 Å². The van der Waals surface area contributed by atoms with Crippen molar-refractivity contribution in [3.05, 3.63) is 0 Å². The lowest BCUT2D eigenvalue weighted by molar-refractivity contribution is 0.122. The van der Waals surface area contributed by atoms with E-state index in [4.69, 9.17) is 13.3 Å². The second-order valence-electron chi connectivity index (χ2n) is 8.01. The highest BCUT2D eigenvalue weighted by Gasteiger charge is 2.36. The summed E-state index contributed by atoms with van der Waals surface area (Å²) >= 11 is 0. The molecule has 140 valence electrons. The molecule has 0 rings (SSSR count). The Balaban J connectivity index is 3.63. The fraction of sp³-hybridized carbons (Fsp3) is 1.00. The van der Waals surface area contributed by atoms with Crippen molar-refractivity contribution in [1.29, 1.82) is 0 Å². The Morgan fingerprint density at radius 3 is 1.52 bits per heavy atom. The smallest absolute Gasteiger partial charge is 0.377 e. The second kappa shape index (κ2) is 12.8. The molecule has 0 aliphatic rings. The van der Waals surface area contributed by atoms with Crippen molar-refractivity contribution in [2.24, 2.45) is 0 Å². The van der Waals surface area contributed by atoms with Crippen molar-refractivity contribution in [1.82, 2.24) is 0 Å². The Morgan fingerprint density at radius 1 is 0.652 bits per heavy atom. The van der Waals surface area contributed by atoms with E-state index < -0.39 is 16.9 Å². The molecule has 0 radical (unpaired) electrons. The summed E-state index contributed by atoms with van der Waals surface area (Å²) in [5.41, 5.74) is 0. The van der Waals surface area contributed by atoms with Crippen LogP contribution in [-0.2, 0) is 13.3 Å². The van der Waals surface area contributed by atoms with E-state index in [2.05, 4.69) is 26.2 Å². The molecule has 0 saturated heterocycles. The van der Waals surface area contributed by atoms with E-state index in [1.165, 1.54) is 38.1 Å². The molecule has 0 fully saturated rings. The summed E-state index contributed by atoms with van der Waals surface area (Å²) in [5, 5.41) is 0. The summed E-state index contributed by atoms with van der Waals surface area (Å²) in [6.07, 6.45) is 8.00. The Bertz CT molecular complexity index is 274. The van der Waals surface area contributed by atoms with Crippen LogP contribution in [-0.4, -0.2) is 47.0 Å². The molecule has 0 aromatic carbocycles. The first-order valence-corrected chi connectivity index (χ1v) is 17.9. The van der Waals surface area contributed by atoms with Crippen molar-refractivity contribution in [3.63, 3.8) is 0 Å². The molecule has 0 aliphatic heterocycles. The van der Waals surface area contributed by atoms with Gasteiger partial charge in [0.25, 0.3) is 0 Å². The van der Waals surface area contributed by atoms with Gasteiger partial charge in [0, 0.05) is 44.2 Å². The standard InChI is InChI=1S/C17H42O3Si3/c1-18-23(19-2,20-3)16-13-11-9-8-10-12-15-22(6,7)17-14-21(4)5/h21H,8-17H2,1-7H3. The number of hydrogen-bond acceptors (Lipinski definition) is 3. The summed E-state index contributed by atoms with van der Waals surface area (Å²) in [6, 6.07) is 5.59. The van der Waals surface area contributed by atoms with Gasteiger partial charge in [-0.25, -0.2) is 0 Å². The third kappa shape index (κ3) is 11.7. The first kappa shape index (κ1) is 23.5. The van der Waals surface area contributed by atoms with E-state index in [9.17, 15) is 0 Å². The maximum absolute atomic E-state index is 5.46. The lowest BCUT2D eigenvalue weighted by Crippen LogP contribution is -2.42. The molecule has 0 aromatic heterocycles. The maximum Gasteiger partial charge on any atom is 0.500 e. The molecule has 0 aliphatic carbocycles. The number of unbranched alkanes of at least 4 members (excludes halogenated alkanes) is 5. The minimum absolute atomic E-state index is 0.346. The van der Waals surface area contributed by atoms with Crippen LogP contribution in [0.3, 0.4) is 0 Å². The van der Waals surface area contributed by atoms with E-state index >= 15 is 0 Å². The summed E-state index contributed by atoms with van der Waals surface area (Å²) in [6.45, 7) is 10.2. The highest BCUT2D eigenvalue weighted by molar-refractivity contribution is 6.78. The predicted octanol–water partition coefficient (Wildman–Crippen LogP) is 5.40. The minimum Gasteiger partial charge on any atom is -0.377 e. The molecular formula is C17H42O3Si3. The van der Waals surface area contributed by atoms with Gasteiger partial charge in [-0.05, 0) is 6.42 Å². The molecule has 3 nitrogen and oxygen atoms in total. The van der Waals surface area contributed by atoms with Gasteiger partial charge in [-0.1, -0.05) is 76.4 Å². The van der Waals surface area contributed by atoms with Crippen molar-refractivity contribution in [2.75, 3.05) is 21.3 Å². The largest absolute Gasteiger partial charge is 0.500 e. The van der Waals surface area contributed by atoms with Crippen LogP contribution in [0.5, 0.6) is 0 Å². The zero-order chi connectivity index (χ0) is 17.8. The molecule has 0 atom stereocenters. The number of hydrogen-bond donors (Lipinski definition) is 0. The zero-order valence-electron chi connectivity index (χ0n) is 16.9. The van der Waals surface area contributed by atoms with Crippen LogP contribution >= 0.6 is 0 Å². The lowest BCUT2D eigenvalue weighted by Gasteiger charge is -2.24. The third-order valence-corrected chi connectivity index (χ3v) is 13.1. The van der Waals surface area contributed by atoms with Crippen molar-refractivity contribution < 1.29 is 13.3 Å². The first-order chi connectivity index (χ1) is 10.8. The monoisotopic (exact) mass is 378 g/mol. The maximum atomic E-state index is 5.46. The van der Waals surface area contributed by atoms with Gasteiger partial charge in [-0.3, -0.25) is 0 Å². The molecule has 0 amide bonds. The van der Waals surface area contributed by atoms with Crippen LogP contribution in [0.1, 0.15) is 38.5 Å². The van der Waals surface area contributed by atoms with E-state index in [0.29, 0.717) is 0 Å². The summed E-state index contributed by atoms with van der Waals surface area (Å²) in [4.78, 5) is 0. The fourth-order valence-electron chi connectivity index (χ4n) is 3.01. The zero-order valence-corrected chi connectivity index (χ0v) is 20.0. The summed E-state index contributed by atoms with van der Waals surface area (Å²) < 4.78 is 16.4. The molecular weight excluding hydrogens is 336 g/mol. The molecule has 23 heavy (non-hydrogen) atoms. The topological polar surface area (TPSA) is 27.7 Å². The van der Waals surface area contributed by atoms with Gasteiger partial charge in [0.05, 0.1) is 0 Å². The van der Waals surface area contributed by atoms with E-state index in [0.717, 1.165) is 12.5 Å². The Kier molecular flexibility index (Phi) is 13.1. The van der Waals surface area contributed by atoms with Crippen LogP contribution in [0.4, 0.5) is 0 Å². The van der Waals surface area contributed by atoms with E-state index in [-0.39, 0.29) is 8.80 Å². The summed E-state index contributed by atoms with van der Waals surface area (Å²) in [5.74, 6) is 0. The molecule has 0 heterocycles. The van der Waals surface area contributed by atoms with Crippen LogP contribution in [0.2, 0.25) is 50.4 Å². The molecule has 0 N–H and O–H groups in total. The molecule has 0 saturated carbocycles. The summed E-state index contributed by atoms with van der Waals surface area (Å²) in [7, 11) is 1.54. The van der Waals surface area contributed by atoms with Gasteiger partial charge >= 0.3 is 8.80 Å².